The van der Waals surface area contributed by atoms with Gasteiger partial charge in [0.2, 0.25) is 23.7 Å². The van der Waals surface area contributed by atoms with E-state index in [0.717, 1.165) is 6.20 Å². The van der Waals surface area contributed by atoms with E-state index in [9.17, 15) is 23.6 Å². The molecule has 1 unspecified atom stereocenters. The minimum Gasteiger partial charge on any atom is -0.374 e. The summed E-state index contributed by atoms with van der Waals surface area (Å²) in [6.07, 6.45) is 5.00. The van der Waals surface area contributed by atoms with Gasteiger partial charge in [-0.15, -0.1) is 0 Å². The number of hydrogen-bond donors (Lipinski definition) is 3. The standard InChI is InChI=1S/C42H50F3N9O5/c43-32-23-30(47-34-9-11-36(55)49-39(34)57)8-10-35(32)52-18-16-51(17-19-52)26-42(45)12-14-53(15-13-42)40(58)27-4-6-29(7-5-27)48-41-46-24-33(44)38(50-41)28-2-1-3-31(22-28)54-20-21-59-25-37(54)56/h1-3,8,10,22-24,27,29,34,47H,4-7,9,11-21,25-26H2,(H,46,48,50)(H,49,55,57)/t27-,29-,34?. The number of aromatic nitrogens is 2. The van der Waals surface area contributed by atoms with Crippen LogP contribution in [0.4, 0.5) is 36.2 Å². The van der Waals surface area contributed by atoms with Crippen LogP contribution in [0.2, 0.25) is 0 Å². The zero-order valence-electron chi connectivity index (χ0n) is 32.9. The molecule has 59 heavy (non-hydrogen) atoms. The molecule has 3 N–H and O–H groups in total. The molecule has 3 aromatic rings. The number of piperidine rings is 2. The van der Waals surface area contributed by atoms with Gasteiger partial charge in [-0.3, -0.25) is 29.4 Å². The minimum absolute atomic E-state index is 0.00591. The third-order valence-electron chi connectivity index (χ3n) is 12.3. The van der Waals surface area contributed by atoms with Crippen LogP contribution in [-0.2, 0) is 23.9 Å². The monoisotopic (exact) mass is 817 g/mol. The fourth-order valence-electron chi connectivity index (χ4n) is 8.90. The quantitative estimate of drug-likeness (QED) is 0.254. The summed E-state index contributed by atoms with van der Waals surface area (Å²) >= 11 is 0. The summed E-state index contributed by atoms with van der Waals surface area (Å²) in [5, 5.41) is 8.63. The Morgan fingerprint density at radius 1 is 0.898 bits per heavy atom. The van der Waals surface area contributed by atoms with Gasteiger partial charge in [-0.25, -0.2) is 23.1 Å². The SMILES string of the molecule is O=C1CCC(Nc2ccc(N3CCN(CC4(F)CCN(C(=O)[C@H]5CC[C@H](Nc6ncc(F)c(-c7cccc(N8CCOCC8=O)c7)n6)CC5)CC4)CC3)c(F)c2)C(=O)N1. The summed E-state index contributed by atoms with van der Waals surface area (Å²) in [6.45, 7) is 4.08. The highest BCUT2D eigenvalue weighted by atomic mass is 19.1. The number of nitrogens with one attached hydrogen (secondary N) is 3. The van der Waals surface area contributed by atoms with Crippen molar-refractivity contribution >= 4 is 46.6 Å². The Morgan fingerprint density at radius 2 is 1.68 bits per heavy atom. The van der Waals surface area contributed by atoms with Crippen LogP contribution in [0.1, 0.15) is 51.4 Å². The summed E-state index contributed by atoms with van der Waals surface area (Å²) in [5.74, 6) is -1.66. The minimum atomic E-state index is -1.41. The smallest absolute Gasteiger partial charge is 0.253 e. The lowest BCUT2D eigenvalue weighted by atomic mass is 9.84. The van der Waals surface area contributed by atoms with Gasteiger partial charge in [0.25, 0.3) is 5.91 Å². The molecule has 1 aromatic heterocycles. The number of likely N-dealkylation sites (tertiary alicyclic amines) is 1. The van der Waals surface area contributed by atoms with E-state index in [-0.39, 0.29) is 67.8 Å². The van der Waals surface area contributed by atoms with Crippen LogP contribution in [0.15, 0.2) is 48.7 Å². The fourth-order valence-corrected chi connectivity index (χ4v) is 8.90. The fraction of sp³-hybridized carbons (Fsp3) is 0.524. The molecular formula is C42H50F3N9O5. The Bertz CT molecular complexity index is 2050. The molecule has 0 radical (unpaired) electrons. The highest BCUT2D eigenvalue weighted by Crippen LogP contribution is 2.34. The van der Waals surface area contributed by atoms with Crippen molar-refractivity contribution in [3.63, 3.8) is 0 Å². The second-order valence-electron chi connectivity index (χ2n) is 16.3. The number of nitrogens with zero attached hydrogens (tertiary/aromatic N) is 6. The van der Waals surface area contributed by atoms with Crippen molar-refractivity contribution in [3.05, 3.63) is 60.3 Å². The molecule has 4 saturated heterocycles. The maximum absolute atomic E-state index is 16.2. The van der Waals surface area contributed by atoms with Crippen molar-refractivity contribution in [1.82, 2.24) is 25.1 Å². The van der Waals surface area contributed by atoms with Crippen LogP contribution in [0.25, 0.3) is 11.3 Å². The van der Waals surface area contributed by atoms with E-state index in [2.05, 4.69) is 30.8 Å². The number of hydrogen-bond acceptors (Lipinski definition) is 11. The van der Waals surface area contributed by atoms with E-state index in [1.54, 1.807) is 41.3 Å². The van der Waals surface area contributed by atoms with Crippen molar-refractivity contribution in [1.29, 1.82) is 0 Å². The first-order valence-electron chi connectivity index (χ1n) is 20.6. The van der Waals surface area contributed by atoms with E-state index in [1.165, 1.54) is 6.07 Å². The number of morpholine rings is 1. The number of alkyl halides is 1. The molecule has 17 heteroatoms. The summed E-state index contributed by atoms with van der Waals surface area (Å²) in [7, 11) is 0. The van der Waals surface area contributed by atoms with Crippen LogP contribution in [0, 0.1) is 17.6 Å². The van der Waals surface area contributed by atoms with E-state index < -0.39 is 29.3 Å². The molecule has 1 aliphatic carbocycles. The van der Waals surface area contributed by atoms with Gasteiger partial charge in [0.05, 0.1) is 18.5 Å². The number of ether oxygens (including phenoxy) is 1. The van der Waals surface area contributed by atoms with Gasteiger partial charge in [-0.2, -0.15) is 0 Å². The lowest BCUT2D eigenvalue weighted by Crippen LogP contribution is -2.54. The number of carbonyl (C=O) groups is 4. The average molecular weight is 818 g/mol. The number of imide groups is 1. The lowest BCUT2D eigenvalue weighted by molar-refractivity contribution is -0.139. The maximum atomic E-state index is 16.2. The number of halogens is 3. The highest BCUT2D eigenvalue weighted by Gasteiger charge is 2.40. The van der Waals surface area contributed by atoms with Gasteiger partial charge < -0.3 is 30.1 Å². The predicted molar refractivity (Wildman–Crippen MR) is 214 cm³/mol. The van der Waals surface area contributed by atoms with Crippen molar-refractivity contribution in [2.45, 2.75) is 69.1 Å². The number of rotatable bonds is 10. The van der Waals surface area contributed by atoms with Gasteiger partial charge in [-0.05, 0) is 62.4 Å². The maximum Gasteiger partial charge on any atom is 0.253 e. The topological polar surface area (TPSA) is 152 Å². The average Bonchev–Trinajstić information content (AvgIpc) is 3.23. The van der Waals surface area contributed by atoms with E-state index in [0.29, 0.717) is 113 Å². The number of benzene rings is 2. The molecule has 5 fully saturated rings. The van der Waals surface area contributed by atoms with Crippen LogP contribution in [0.3, 0.4) is 0 Å². The summed E-state index contributed by atoms with van der Waals surface area (Å²) < 4.78 is 51.6. The van der Waals surface area contributed by atoms with Crippen LogP contribution >= 0.6 is 0 Å². The van der Waals surface area contributed by atoms with Gasteiger partial charge in [-0.1, -0.05) is 12.1 Å². The van der Waals surface area contributed by atoms with E-state index in [1.807, 2.05) is 9.80 Å². The molecule has 14 nitrogen and oxygen atoms in total. The molecule has 4 amide bonds. The molecule has 8 rings (SSSR count). The highest BCUT2D eigenvalue weighted by molar-refractivity contribution is 6.01. The Kier molecular flexibility index (Phi) is 12.0. The Balaban J connectivity index is 0.770. The molecular weight excluding hydrogens is 768 g/mol. The molecule has 4 aliphatic heterocycles. The molecule has 314 valence electrons. The van der Waals surface area contributed by atoms with E-state index >= 15 is 8.78 Å². The van der Waals surface area contributed by atoms with Crippen molar-refractivity contribution in [2.24, 2.45) is 5.92 Å². The molecule has 1 atom stereocenters. The number of anilines is 4. The molecule has 1 saturated carbocycles. The summed E-state index contributed by atoms with van der Waals surface area (Å²) in [6, 6.07) is 11.2. The van der Waals surface area contributed by atoms with E-state index in [4.69, 9.17) is 4.74 Å². The Morgan fingerprint density at radius 3 is 2.41 bits per heavy atom. The summed E-state index contributed by atoms with van der Waals surface area (Å²) in [4.78, 5) is 65.6. The van der Waals surface area contributed by atoms with Crippen LogP contribution in [-0.4, -0.2) is 127 Å². The van der Waals surface area contributed by atoms with Gasteiger partial charge in [0, 0.05) is 101 Å². The second-order valence-corrected chi connectivity index (χ2v) is 16.3. The third-order valence-corrected chi connectivity index (χ3v) is 12.3. The Labute approximate surface area is 340 Å². The first kappa shape index (κ1) is 40.5. The first-order chi connectivity index (χ1) is 28.5. The van der Waals surface area contributed by atoms with Crippen LogP contribution in [0.5, 0.6) is 0 Å². The lowest BCUT2D eigenvalue weighted by Gasteiger charge is -2.43. The number of amides is 4. The second kappa shape index (κ2) is 17.5. The van der Waals surface area contributed by atoms with Gasteiger partial charge in [0.1, 0.15) is 29.8 Å². The Hall–Kier alpha value is -5.29. The molecule has 2 aromatic carbocycles. The third kappa shape index (κ3) is 9.46. The molecule has 5 heterocycles. The van der Waals surface area contributed by atoms with Crippen molar-refractivity contribution in [3.8, 4) is 11.3 Å². The first-order valence-corrected chi connectivity index (χ1v) is 20.6. The van der Waals surface area contributed by atoms with Crippen molar-refractivity contribution < 1.29 is 37.1 Å². The predicted octanol–water partition coefficient (Wildman–Crippen LogP) is 4.13. The van der Waals surface area contributed by atoms with Crippen LogP contribution < -0.4 is 25.8 Å². The molecule has 0 spiro atoms. The number of piperazine rings is 1. The van der Waals surface area contributed by atoms with Gasteiger partial charge in [0.15, 0.2) is 5.82 Å². The summed E-state index contributed by atoms with van der Waals surface area (Å²) in [5.41, 5.74) is 0.804. The van der Waals surface area contributed by atoms with Crippen molar-refractivity contribution in [2.75, 3.05) is 86.0 Å². The molecule has 5 aliphatic rings. The van der Waals surface area contributed by atoms with Gasteiger partial charge >= 0.3 is 0 Å². The molecule has 0 bridgehead atoms. The number of carbonyl (C=O) groups excluding carboxylic acids is 4. The zero-order chi connectivity index (χ0) is 41.1. The normalized spacial score (nSPS) is 24.2. The largest absolute Gasteiger partial charge is 0.374 e. The zero-order valence-corrected chi connectivity index (χ0v) is 32.9.